The molecule has 0 amide bonds. The summed E-state index contributed by atoms with van der Waals surface area (Å²) in [6, 6.07) is 0.637. The Labute approximate surface area is 74.0 Å². The van der Waals surface area contributed by atoms with Gasteiger partial charge in [0.25, 0.3) is 0 Å². The maximum Gasteiger partial charge on any atom is 0.0447 e. The van der Waals surface area contributed by atoms with E-state index in [4.69, 9.17) is 0 Å². The van der Waals surface area contributed by atoms with E-state index in [0.29, 0.717) is 6.04 Å². The van der Waals surface area contributed by atoms with Crippen LogP contribution in [0.1, 0.15) is 19.8 Å². The van der Waals surface area contributed by atoms with Crippen LogP contribution < -0.4 is 10.6 Å². The summed E-state index contributed by atoms with van der Waals surface area (Å²) in [6.07, 6.45) is 4.32. The van der Waals surface area contributed by atoms with Gasteiger partial charge in [-0.15, -0.1) is 0 Å². The molecule has 12 heavy (non-hydrogen) atoms. The van der Waals surface area contributed by atoms with Crippen LogP contribution in [0.4, 0.5) is 0 Å². The predicted molar refractivity (Wildman–Crippen MR) is 52.3 cm³/mol. The largest absolute Gasteiger partial charge is 0.386 e. The van der Waals surface area contributed by atoms with Crippen molar-refractivity contribution in [1.29, 1.82) is 0 Å². The molecule has 0 aromatic rings. The number of aliphatic imine (C=N–C) groups is 1. The lowest BCUT2D eigenvalue weighted by Gasteiger charge is -2.11. The van der Waals surface area contributed by atoms with Crippen LogP contribution in [0.3, 0.4) is 0 Å². The monoisotopic (exact) mass is 167 g/mol. The van der Waals surface area contributed by atoms with E-state index in [1.807, 2.05) is 6.92 Å². The molecule has 0 aromatic heterocycles. The Bertz CT molecular complexity index is 169. The van der Waals surface area contributed by atoms with Crippen LogP contribution >= 0.6 is 0 Å². The number of nitrogens with zero attached hydrogens (tertiary/aromatic N) is 1. The van der Waals surface area contributed by atoms with Crippen molar-refractivity contribution in [3.8, 4) is 0 Å². The zero-order valence-corrected chi connectivity index (χ0v) is 7.64. The SMILES string of the molecule is C=N/C=C(/C)NCC1CCCN1. The predicted octanol–water partition coefficient (Wildman–Crippen LogP) is 0.890. The first-order valence-electron chi connectivity index (χ1n) is 4.43. The summed E-state index contributed by atoms with van der Waals surface area (Å²) >= 11 is 0. The van der Waals surface area contributed by atoms with Gasteiger partial charge < -0.3 is 10.6 Å². The van der Waals surface area contributed by atoms with Gasteiger partial charge in [-0.3, -0.25) is 4.99 Å². The highest BCUT2D eigenvalue weighted by Crippen LogP contribution is 2.03. The minimum Gasteiger partial charge on any atom is -0.386 e. The van der Waals surface area contributed by atoms with Crippen LogP contribution in [0, 0.1) is 0 Å². The van der Waals surface area contributed by atoms with Gasteiger partial charge in [-0.25, -0.2) is 0 Å². The minimum absolute atomic E-state index is 0.637. The third kappa shape index (κ3) is 3.05. The van der Waals surface area contributed by atoms with Crippen molar-refractivity contribution in [3.63, 3.8) is 0 Å². The number of nitrogens with one attached hydrogen (secondary N) is 2. The van der Waals surface area contributed by atoms with Gasteiger partial charge in [-0.2, -0.15) is 0 Å². The molecule has 1 heterocycles. The molecule has 1 saturated heterocycles. The minimum atomic E-state index is 0.637. The number of rotatable bonds is 4. The van der Waals surface area contributed by atoms with E-state index in [9.17, 15) is 0 Å². The van der Waals surface area contributed by atoms with E-state index >= 15 is 0 Å². The number of hydrogen-bond donors (Lipinski definition) is 2. The molecule has 1 atom stereocenters. The summed E-state index contributed by atoms with van der Waals surface area (Å²) in [5.41, 5.74) is 1.08. The number of hydrogen-bond acceptors (Lipinski definition) is 3. The molecule has 0 bridgehead atoms. The highest BCUT2D eigenvalue weighted by atomic mass is 15.0. The van der Waals surface area contributed by atoms with Crippen LogP contribution in [-0.2, 0) is 0 Å². The van der Waals surface area contributed by atoms with Gasteiger partial charge in [0.2, 0.25) is 0 Å². The van der Waals surface area contributed by atoms with Crippen molar-refractivity contribution >= 4 is 6.72 Å². The highest BCUT2D eigenvalue weighted by molar-refractivity contribution is 5.26. The van der Waals surface area contributed by atoms with E-state index < -0.39 is 0 Å². The molecular weight excluding hydrogens is 150 g/mol. The lowest BCUT2D eigenvalue weighted by molar-refractivity contribution is 0.568. The lowest BCUT2D eigenvalue weighted by Crippen LogP contribution is -2.32. The Balaban J connectivity index is 2.15. The second kappa shape index (κ2) is 4.93. The summed E-state index contributed by atoms with van der Waals surface area (Å²) in [5.74, 6) is 0. The normalized spacial score (nSPS) is 24.1. The van der Waals surface area contributed by atoms with Gasteiger partial charge in [-0.05, 0) is 33.0 Å². The molecule has 1 rings (SSSR count). The first-order chi connectivity index (χ1) is 5.83. The first-order valence-corrected chi connectivity index (χ1v) is 4.43. The zero-order chi connectivity index (χ0) is 8.81. The molecule has 1 aliphatic rings. The third-order valence-electron chi connectivity index (χ3n) is 2.07. The van der Waals surface area contributed by atoms with Crippen molar-refractivity contribution in [2.24, 2.45) is 4.99 Å². The maximum absolute atomic E-state index is 3.69. The first kappa shape index (κ1) is 9.26. The third-order valence-corrected chi connectivity index (χ3v) is 2.07. The maximum atomic E-state index is 3.69. The van der Waals surface area contributed by atoms with Gasteiger partial charge in [0.05, 0.1) is 0 Å². The van der Waals surface area contributed by atoms with Crippen LogP contribution in [-0.4, -0.2) is 25.8 Å². The number of allylic oxidation sites excluding steroid dienone is 1. The molecule has 2 N–H and O–H groups in total. The van der Waals surface area contributed by atoms with E-state index in [0.717, 1.165) is 18.8 Å². The molecule has 0 radical (unpaired) electrons. The van der Waals surface area contributed by atoms with Crippen molar-refractivity contribution in [2.75, 3.05) is 13.1 Å². The Kier molecular flexibility index (Phi) is 3.80. The van der Waals surface area contributed by atoms with Crippen molar-refractivity contribution in [1.82, 2.24) is 10.6 Å². The molecule has 3 heteroatoms. The molecular formula is C9H17N3. The Morgan fingerprint density at radius 2 is 2.67 bits per heavy atom. The molecule has 3 nitrogen and oxygen atoms in total. The molecule has 0 spiro atoms. The quantitative estimate of drug-likeness (QED) is 0.610. The molecule has 0 aliphatic carbocycles. The second-order valence-corrected chi connectivity index (χ2v) is 3.17. The van der Waals surface area contributed by atoms with E-state index in [-0.39, 0.29) is 0 Å². The fraction of sp³-hybridized carbons (Fsp3) is 0.667. The van der Waals surface area contributed by atoms with E-state index in [1.165, 1.54) is 12.8 Å². The Morgan fingerprint density at radius 1 is 1.83 bits per heavy atom. The lowest BCUT2D eigenvalue weighted by atomic mass is 10.2. The zero-order valence-electron chi connectivity index (χ0n) is 7.64. The van der Waals surface area contributed by atoms with E-state index in [1.54, 1.807) is 6.20 Å². The molecule has 0 saturated carbocycles. The molecule has 1 aliphatic heterocycles. The van der Waals surface area contributed by atoms with Crippen LogP contribution in [0.15, 0.2) is 16.9 Å². The fourth-order valence-corrected chi connectivity index (χ4v) is 1.40. The van der Waals surface area contributed by atoms with Gasteiger partial charge in [0.15, 0.2) is 0 Å². The Morgan fingerprint density at radius 3 is 3.25 bits per heavy atom. The average molecular weight is 167 g/mol. The van der Waals surface area contributed by atoms with Gasteiger partial charge in [0, 0.05) is 24.5 Å². The second-order valence-electron chi connectivity index (χ2n) is 3.17. The highest BCUT2D eigenvalue weighted by Gasteiger charge is 2.12. The van der Waals surface area contributed by atoms with Gasteiger partial charge in [-0.1, -0.05) is 0 Å². The summed E-state index contributed by atoms with van der Waals surface area (Å²) in [5, 5.41) is 6.71. The van der Waals surface area contributed by atoms with Crippen LogP contribution in [0.5, 0.6) is 0 Å². The van der Waals surface area contributed by atoms with Crippen molar-refractivity contribution in [2.45, 2.75) is 25.8 Å². The summed E-state index contributed by atoms with van der Waals surface area (Å²) in [4.78, 5) is 3.69. The summed E-state index contributed by atoms with van der Waals surface area (Å²) in [7, 11) is 0. The van der Waals surface area contributed by atoms with Gasteiger partial charge >= 0.3 is 0 Å². The Hall–Kier alpha value is -0.830. The average Bonchev–Trinajstić information content (AvgIpc) is 2.53. The topological polar surface area (TPSA) is 36.4 Å². The molecule has 68 valence electrons. The molecule has 0 aromatic carbocycles. The summed E-state index contributed by atoms with van der Waals surface area (Å²) in [6.45, 7) is 7.56. The van der Waals surface area contributed by atoms with Crippen LogP contribution in [0.2, 0.25) is 0 Å². The van der Waals surface area contributed by atoms with E-state index in [2.05, 4.69) is 22.3 Å². The van der Waals surface area contributed by atoms with Crippen molar-refractivity contribution < 1.29 is 0 Å². The fourth-order valence-electron chi connectivity index (χ4n) is 1.40. The van der Waals surface area contributed by atoms with Crippen molar-refractivity contribution in [3.05, 3.63) is 11.9 Å². The standard InChI is InChI=1S/C9H17N3/c1-8(6-10-2)12-7-9-4-3-5-11-9/h6,9,11-12H,2-5,7H2,1H3/b8-6-. The van der Waals surface area contributed by atoms with Crippen LogP contribution in [0.25, 0.3) is 0 Å². The summed E-state index contributed by atoms with van der Waals surface area (Å²) < 4.78 is 0. The molecule has 1 unspecified atom stereocenters. The smallest absolute Gasteiger partial charge is 0.0447 e. The molecule has 1 fully saturated rings. The van der Waals surface area contributed by atoms with Gasteiger partial charge in [0.1, 0.15) is 0 Å².